The number of benzene rings is 1. The standard InChI is InChI=1S/C21H23N3O4S/c1-24-6-5-14-17(10-24)29-21(19(14)20(22)27)23-18(26)8-11-7-16(25)13-4-3-12(28-2)9-15(11)13/h3-4,9,11H,5-8,10H2,1-2H3,(H2,22,27)(H,23,26). The van der Waals surface area contributed by atoms with Crippen molar-refractivity contribution in [2.75, 3.05) is 26.0 Å². The van der Waals surface area contributed by atoms with Crippen LogP contribution >= 0.6 is 11.3 Å². The van der Waals surface area contributed by atoms with Crippen LogP contribution in [-0.4, -0.2) is 43.2 Å². The van der Waals surface area contributed by atoms with Crippen molar-refractivity contribution in [2.45, 2.75) is 31.7 Å². The first-order valence-corrected chi connectivity index (χ1v) is 10.3. The largest absolute Gasteiger partial charge is 0.497 e. The van der Waals surface area contributed by atoms with Gasteiger partial charge in [0, 0.05) is 42.3 Å². The highest BCUT2D eigenvalue weighted by Gasteiger charge is 2.32. The van der Waals surface area contributed by atoms with Gasteiger partial charge in [0.05, 0.1) is 12.7 Å². The smallest absolute Gasteiger partial charge is 0.251 e. The predicted molar refractivity (Wildman–Crippen MR) is 111 cm³/mol. The van der Waals surface area contributed by atoms with E-state index in [0.29, 0.717) is 28.3 Å². The molecular weight excluding hydrogens is 390 g/mol. The predicted octanol–water partition coefficient (Wildman–Crippen LogP) is 2.54. The van der Waals surface area contributed by atoms with Gasteiger partial charge in [-0.05, 0) is 42.8 Å². The Bertz CT molecular complexity index is 1010. The third kappa shape index (κ3) is 3.65. The van der Waals surface area contributed by atoms with Crippen LogP contribution in [0.15, 0.2) is 18.2 Å². The van der Waals surface area contributed by atoms with E-state index in [1.165, 1.54) is 11.3 Å². The van der Waals surface area contributed by atoms with Gasteiger partial charge in [-0.15, -0.1) is 11.3 Å². The number of anilines is 1. The van der Waals surface area contributed by atoms with E-state index < -0.39 is 5.91 Å². The second-order valence-electron chi connectivity index (χ2n) is 7.59. The molecule has 2 aliphatic rings. The van der Waals surface area contributed by atoms with Gasteiger partial charge in [-0.25, -0.2) is 0 Å². The van der Waals surface area contributed by atoms with Crippen LogP contribution in [0.1, 0.15) is 55.5 Å². The van der Waals surface area contributed by atoms with Crippen LogP contribution in [0.25, 0.3) is 0 Å². The van der Waals surface area contributed by atoms with E-state index in [1.54, 1.807) is 19.2 Å². The molecule has 0 saturated carbocycles. The number of nitrogens with one attached hydrogen (secondary N) is 1. The normalized spacial score (nSPS) is 18.3. The monoisotopic (exact) mass is 413 g/mol. The molecule has 0 bridgehead atoms. The maximum atomic E-state index is 12.8. The molecular formula is C21H23N3O4S. The average molecular weight is 413 g/mol. The number of hydrogen-bond donors (Lipinski definition) is 2. The zero-order valence-electron chi connectivity index (χ0n) is 16.4. The van der Waals surface area contributed by atoms with Gasteiger partial charge in [0.25, 0.3) is 5.91 Å². The van der Waals surface area contributed by atoms with Gasteiger partial charge in [-0.1, -0.05) is 0 Å². The number of primary amides is 1. The summed E-state index contributed by atoms with van der Waals surface area (Å²) in [5.41, 5.74) is 8.48. The molecule has 0 spiro atoms. The molecule has 0 fully saturated rings. The number of nitrogens with zero attached hydrogens (tertiary/aromatic N) is 1. The molecule has 29 heavy (non-hydrogen) atoms. The SMILES string of the molecule is COc1ccc2c(c1)C(CC(=O)Nc1sc3c(c1C(N)=O)CCN(C)C3)CC2=O. The molecule has 2 heterocycles. The Hall–Kier alpha value is -2.71. The Balaban J connectivity index is 1.55. The van der Waals surface area contributed by atoms with Crippen molar-refractivity contribution in [3.8, 4) is 5.75 Å². The van der Waals surface area contributed by atoms with Gasteiger partial charge >= 0.3 is 0 Å². The number of thiophene rings is 1. The van der Waals surface area contributed by atoms with Crippen LogP contribution in [0.5, 0.6) is 5.75 Å². The summed E-state index contributed by atoms with van der Waals surface area (Å²) in [4.78, 5) is 40.3. The number of carbonyl (C=O) groups is 3. The molecule has 1 aliphatic heterocycles. The number of rotatable bonds is 5. The lowest BCUT2D eigenvalue weighted by molar-refractivity contribution is -0.116. The molecule has 0 radical (unpaired) electrons. The molecule has 3 N–H and O–H groups in total. The molecule has 1 aliphatic carbocycles. The minimum Gasteiger partial charge on any atom is -0.497 e. The molecule has 0 saturated heterocycles. The highest BCUT2D eigenvalue weighted by atomic mass is 32.1. The van der Waals surface area contributed by atoms with E-state index in [4.69, 9.17) is 10.5 Å². The fraction of sp³-hybridized carbons (Fsp3) is 0.381. The third-order valence-corrected chi connectivity index (χ3v) is 6.74. The Morgan fingerprint density at radius 3 is 2.90 bits per heavy atom. The Kier molecular flexibility index (Phi) is 5.14. The summed E-state index contributed by atoms with van der Waals surface area (Å²) < 4.78 is 5.26. The minimum absolute atomic E-state index is 0.0351. The van der Waals surface area contributed by atoms with E-state index in [1.807, 2.05) is 13.1 Å². The fourth-order valence-corrected chi connectivity index (χ4v) is 5.52. The van der Waals surface area contributed by atoms with Gasteiger partial charge in [0.15, 0.2) is 5.78 Å². The molecule has 1 unspecified atom stereocenters. The summed E-state index contributed by atoms with van der Waals surface area (Å²) in [7, 11) is 3.59. The van der Waals surface area contributed by atoms with Crippen LogP contribution in [0, 0.1) is 0 Å². The highest BCUT2D eigenvalue weighted by molar-refractivity contribution is 7.17. The lowest BCUT2D eigenvalue weighted by Crippen LogP contribution is -2.27. The summed E-state index contributed by atoms with van der Waals surface area (Å²) in [6.07, 6.45) is 1.19. The van der Waals surface area contributed by atoms with E-state index in [0.717, 1.165) is 35.5 Å². The summed E-state index contributed by atoms with van der Waals surface area (Å²) >= 11 is 1.41. The van der Waals surface area contributed by atoms with Gasteiger partial charge < -0.3 is 20.7 Å². The van der Waals surface area contributed by atoms with Crippen molar-refractivity contribution < 1.29 is 19.1 Å². The first-order chi connectivity index (χ1) is 13.9. The van der Waals surface area contributed by atoms with E-state index in [9.17, 15) is 14.4 Å². The Morgan fingerprint density at radius 2 is 2.17 bits per heavy atom. The number of fused-ring (bicyclic) bond motifs is 2. The van der Waals surface area contributed by atoms with Crippen molar-refractivity contribution in [1.82, 2.24) is 4.90 Å². The number of carbonyl (C=O) groups excluding carboxylic acids is 3. The quantitative estimate of drug-likeness (QED) is 0.784. The maximum absolute atomic E-state index is 12.8. The zero-order valence-corrected chi connectivity index (χ0v) is 17.2. The van der Waals surface area contributed by atoms with Crippen molar-refractivity contribution in [2.24, 2.45) is 5.73 Å². The number of methoxy groups -OCH3 is 1. The van der Waals surface area contributed by atoms with Crippen LogP contribution in [0.3, 0.4) is 0 Å². The number of ketones is 1. The van der Waals surface area contributed by atoms with E-state index >= 15 is 0 Å². The number of likely N-dealkylation sites (N-methyl/N-ethyl adjacent to an activating group) is 1. The van der Waals surface area contributed by atoms with Gasteiger partial charge in [-0.2, -0.15) is 0 Å². The van der Waals surface area contributed by atoms with Crippen molar-refractivity contribution >= 4 is 33.9 Å². The minimum atomic E-state index is -0.520. The first-order valence-electron chi connectivity index (χ1n) is 9.51. The van der Waals surface area contributed by atoms with Crippen molar-refractivity contribution in [3.05, 3.63) is 45.3 Å². The molecule has 2 amide bonds. The molecule has 1 aromatic carbocycles. The number of hydrogen-bond acceptors (Lipinski definition) is 6. The Morgan fingerprint density at radius 1 is 1.38 bits per heavy atom. The average Bonchev–Trinajstić information content (AvgIpc) is 3.18. The summed E-state index contributed by atoms with van der Waals surface area (Å²) in [6, 6.07) is 5.33. The molecule has 4 rings (SSSR count). The van der Waals surface area contributed by atoms with Crippen LogP contribution < -0.4 is 15.8 Å². The number of Topliss-reactive ketones (excluding diaryl/α,β-unsaturated/α-hetero) is 1. The zero-order chi connectivity index (χ0) is 20.7. The van der Waals surface area contributed by atoms with Gasteiger partial charge in [0.1, 0.15) is 10.8 Å². The topological polar surface area (TPSA) is 102 Å². The first kappa shape index (κ1) is 19.6. The molecule has 7 nitrogen and oxygen atoms in total. The summed E-state index contributed by atoms with van der Waals surface area (Å²) in [5, 5.41) is 3.39. The fourth-order valence-electron chi connectivity index (χ4n) is 4.17. The van der Waals surface area contributed by atoms with Gasteiger partial charge in [0.2, 0.25) is 5.91 Å². The maximum Gasteiger partial charge on any atom is 0.251 e. The molecule has 1 atom stereocenters. The summed E-state index contributed by atoms with van der Waals surface area (Å²) in [6.45, 7) is 1.58. The number of ether oxygens (including phenoxy) is 1. The van der Waals surface area contributed by atoms with Crippen LogP contribution in [0.4, 0.5) is 5.00 Å². The molecule has 152 valence electrons. The van der Waals surface area contributed by atoms with Crippen LogP contribution in [0.2, 0.25) is 0 Å². The summed E-state index contributed by atoms with van der Waals surface area (Å²) in [5.74, 6) is -0.255. The highest BCUT2D eigenvalue weighted by Crippen LogP contribution is 2.39. The van der Waals surface area contributed by atoms with Gasteiger partial charge in [-0.3, -0.25) is 14.4 Å². The molecule has 8 heteroatoms. The van der Waals surface area contributed by atoms with Crippen LogP contribution in [-0.2, 0) is 17.8 Å². The van der Waals surface area contributed by atoms with Crippen molar-refractivity contribution in [1.29, 1.82) is 0 Å². The lowest BCUT2D eigenvalue weighted by Gasteiger charge is -2.22. The van der Waals surface area contributed by atoms with E-state index in [2.05, 4.69) is 10.2 Å². The third-order valence-electron chi connectivity index (χ3n) is 5.61. The number of amides is 2. The Labute approximate surface area is 172 Å². The molecule has 2 aromatic rings. The van der Waals surface area contributed by atoms with Crippen molar-refractivity contribution in [3.63, 3.8) is 0 Å². The van der Waals surface area contributed by atoms with E-state index in [-0.39, 0.29) is 24.0 Å². The molecule has 1 aromatic heterocycles. The second kappa shape index (κ2) is 7.61. The number of nitrogens with two attached hydrogens (primary N) is 1. The lowest BCUT2D eigenvalue weighted by atomic mass is 9.97. The second-order valence-corrected chi connectivity index (χ2v) is 8.69.